The summed E-state index contributed by atoms with van der Waals surface area (Å²) in [4.78, 5) is 29.4. The highest BCUT2D eigenvalue weighted by molar-refractivity contribution is 5.83. The van der Waals surface area contributed by atoms with Gasteiger partial charge >= 0.3 is 12.0 Å². The molecule has 0 bridgehead atoms. The van der Waals surface area contributed by atoms with Crippen molar-refractivity contribution in [3.05, 3.63) is 66.0 Å². The number of hydrogen-bond donors (Lipinski definition) is 3. The van der Waals surface area contributed by atoms with Crippen LogP contribution in [0.3, 0.4) is 0 Å². The molecule has 3 N–H and O–H groups in total. The van der Waals surface area contributed by atoms with E-state index in [0.29, 0.717) is 26.2 Å². The van der Waals surface area contributed by atoms with E-state index in [1.807, 2.05) is 30.3 Å². The highest BCUT2D eigenvalue weighted by Gasteiger charge is 2.37. The van der Waals surface area contributed by atoms with E-state index in [9.17, 15) is 19.1 Å². The number of carboxylic acids is 1. The molecule has 2 atom stereocenters. The first kappa shape index (κ1) is 24.0. The topological polar surface area (TPSA) is 84.9 Å². The number of benzene rings is 2. The van der Waals surface area contributed by atoms with Gasteiger partial charge in [0.15, 0.2) is 0 Å². The highest BCUT2D eigenvalue weighted by atomic mass is 19.1. The smallest absolute Gasteiger partial charge is 0.328 e. The van der Waals surface area contributed by atoms with Gasteiger partial charge in [-0.3, -0.25) is 4.90 Å². The van der Waals surface area contributed by atoms with Crippen molar-refractivity contribution in [1.29, 1.82) is 0 Å². The van der Waals surface area contributed by atoms with Gasteiger partial charge in [0, 0.05) is 37.9 Å². The van der Waals surface area contributed by atoms with Crippen LogP contribution in [0.25, 0.3) is 0 Å². The van der Waals surface area contributed by atoms with E-state index in [-0.39, 0.29) is 11.9 Å². The molecule has 2 aromatic rings. The normalized spacial score (nSPS) is 19.3. The Bertz CT molecular complexity index is 942. The van der Waals surface area contributed by atoms with Crippen LogP contribution in [0.1, 0.15) is 43.7 Å². The number of nitrogens with zero attached hydrogens (tertiary/aromatic N) is 2. The van der Waals surface area contributed by atoms with Crippen molar-refractivity contribution in [2.75, 3.05) is 31.1 Å². The molecule has 7 nitrogen and oxygen atoms in total. The molecule has 2 fully saturated rings. The Balaban J connectivity index is 1.48. The number of halogens is 1. The van der Waals surface area contributed by atoms with Crippen molar-refractivity contribution in [3.63, 3.8) is 0 Å². The van der Waals surface area contributed by atoms with Crippen LogP contribution >= 0.6 is 0 Å². The average molecular weight is 469 g/mol. The van der Waals surface area contributed by atoms with Crippen LogP contribution in [-0.4, -0.2) is 60.3 Å². The number of carbonyl (C=O) groups is 2. The Hall–Kier alpha value is -3.13. The van der Waals surface area contributed by atoms with Gasteiger partial charge < -0.3 is 20.6 Å². The molecule has 0 radical (unpaired) electrons. The molecule has 34 heavy (non-hydrogen) atoms. The number of piperazine rings is 1. The first-order valence-corrected chi connectivity index (χ1v) is 12.1. The van der Waals surface area contributed by atoms with Gasteiger partial charge in [-0.2, -0.15) is 0 Å². The third-order valence-corrected chi connectivity index (χ3v) is 6.85. The monoisotopic (exact) mass is 468 g/mol. The Morgan fingerprint density at radius 2 is 1.56 bits per heavy atom. The number of rotatable bonds is 7. The molecule has 2 amide bonds. The molecule has 1 aliphatic carbocycles. The summed E-state index contributed by atoms with van der Waals surface area (Å²) < 4.78 is 13.3. The fraction of sp³-hybridized carbons (Fsp3) is 0.462. The maximum absolute atomic E-state index is 13.3. The fourth-order valence-corrected chi connectivity index (χ4v) is 5.07. The second kappa shape index (κ2) is 11.3. The molecule has 8 heteroatoms. The molecule has 182 valence electrons. The molecule has 4 rings (SSSR count). The van der Waals surface area contributed by atoms with Gasteiger partial charge in [-0.1, -0.05) is 49.6 Å². The standard InChI is InChI=1S/C26H33FN4O3/c27-20-11-13-22(14-12-20)30-15-17-31(18-16-30)24(19-7-3-1-4-8-19)23(25(32)33)29-26(34)28-21-9-5-2-6-10-21/h1,3-4,7-8,11-14,21,23-24H,2,5-6,9-10,15-18H2,(H,32,33)(H2,28,29,34). The van der Waals surface area contributed by atoms with Crippen molar-refractivity contribution in [2.45, 2.75) is 50.2 Å². The van der Waals surface area contributed by atoms with Gasteiger partial charge in [0.1, 0.15) is 11.9 Å². The van der Waals surface area contributed by atoms with Crippen LogP contribution in [0.4, 0.5) is 14.9 Å². The molecule has 2 aliphatic rings. The summed E-state index contributed by atoms with van der Waals surface area (Å²) in [5.74, 6) is -1.33. The largest absolute Gasteiger partial charge is 0.480 e. The van der Waals surface area contributed by atoms with E-state index in [2.05, 4.69) is 20.4 Å². The van der Waals surface area contributed by atoms with Crippen molar-refractivity contribution >= 4 is 17.7 Å². The minimum Gasteiger partial charge on any atom is -0.480 e. The molecular weight excluding hydrogens is 435 g/mol. The lowest BCUT2D eigenvalue weighted by Gasteiger charge is -2.42. The van der Waals surface area contributed by atoms with E-state index >= 15 is 0 Å². The predicted octanol–water partition coefficient (Wildman–Crippen LogP) is 3.77. The van der Waals surface area contributed by atoms with Crippen molar-refractivity contribution < 1.29 is 19.1 Å². The van der Waals surface area contributed by atoms with E-state index < -0.39 is 24.1 Å². The second-order valence-electron chi connectivity index (χ2n) is 9.12. The Kier molecular flexibility index (Phi) is 8.00. The lowest BCUT2D eigenvalue weighted by Crippen LogP contribution is -2.57. The van der Waals surface area contributed by atoms with E-state index in [4.69, 9.17) is 0 Å². The summed E-state index contributed by atoms with van der Waals surface area (Å²) in [7, 11) is 0. The molecular formula is C26H33FN4O3. The van der Waals surface area contributed by atoms with Crippen LogP contribution in [-0.2, 0) is 4.79 Å². The van der Waals surface area contributed by atoms with Crippen LogP contribution in [0, 0.1) is 5.82 Å². The zero-order valence-electron chi connectivity index (χ0n) is 19.3. The number of nitrogens with one attached hydrogen (secondary N) is 2. The van der Waals surface area contributed by atoms with Crippen LogP contribution in [0.15, 0.2) is 54.6 Å². The van der Waals surface area contributed by atoms with Crippen molar-refractivity contribution in [1.82, 2.24) is 15.5 Å². The van der Waals surface area contributed by atoms with Gasteiger partial charge in [0.25, 0.3) is 0 Å². The Morgan fingerprint density at radius 1 is 0.912 bits per heavy atom. The molecule has 1 saturated heterocycles. The van der Waals surface area contributed by atoms with Crippen molar-refractivity contribution in [2.24, 2.45) is 0 Å². The van der Waals surface area contributed by atoms with Gasteiger partial charge in [0.2, 0.25) is 0 Å². The fourth-order valence-electron chi connectivity index (χ4n) is 5.07. The quantitative estimate of drug-likeness (QED) is 0.576. The van der Waals surface area contributed by atoms with Gasteiger partial charge in [0.05, 0.1) is 6.04 Å². The summed E-state index contributed by atoms with van der Waals surface area (Å²) in [5.41, 5.74) is 1.79. The summed E-state index contributed by atoms with van der Waals surface area (Å²) >= 11 is 0. The first-order valence-electron chi connectivity index (χ1n) is 12.1. The second-order valence-corrected chi connectivity index (χ2v) is 9.12. The molecule has 2 unspecified atom stereocenters. The minimum absolute atomic E-state index is 0.0950. The third kappa shape index (κ3) is 6.05. The van der Waals surface area contributed by atoms with Crippen LogP contribution < -0.4 is 15.5 Å². The number of urea groups is 1. The summed E-state index contributed by atoms with van der Waals surface area (Å²) in [6.45, 7) is 2.59. The van der Waals surface area contributed by atoms with Crippen LogP contribution in [0.2, 0.25) is 0 Å². The maximum Gasteiger partial charge on any atom is 0.328 e. The SMILES string of the molecule is O=C(NC1CCCCC1)NC(C(=O)O)C(c1ccccc1)N1CCN(c2ccc(F)cc2)CC1. The zero-order chi connectivity index (χ0) is 23.9. The first-order chi connectivity index (χ1) is 16.5. The predicted molar refractivity (Wildman–Crippen MR) is 129 cm³/mol. The third-order valence-electron chi connectivity index (χ3n) is 6.85. The molecule has 0 spiro atoms. The zero-order valence-corrected chi connectivity index (χ0v) is 19.3. The Morgan fingerprint density at radius 3 is 2.18 bits per heavy atom. The number of amides is 2. The lowest BCUT2D eigenvalue weighted by atomic mass is 9.95. The summed E-state index contributed by atoms with van der Waals surface area (Å²) in [6.07, 6.45) is 5.20. The van der Waals surface area contributed by atoms with Crippen LogP contribution in [0.5, 0.6) is 0 Å². The molecule has 0 aromatic heterocycles. The number of carbonyl (C=O) groups excluding carboxylic acids is 1. The number of anilines is 1. The molecule has 2 aromatic carbocycles. The highest BCUT2D eigenvalue weighted by Crippen LogP contribution is 2.28. The molecule has 1 heterocycles. The van der Waals surface area contributed by atoms with Gasteiger partial charge in [-0.25, -0.2) is 14.0 Å². The maximum atomic E-state index is 13.3. The lowest BCUT2D eigenvalue weighted by molar-refractivity contribution is -0.141. The number of carboxylic acid groups (broad SMARTS) is 1. The molecule has 1 aliphatic heterocycles. The number of aliphatic carboxylic acids is 1. The van der Waals surface area contributed by atoms with Crippen molar-refractivity contribution in [3.8, 4) is 0 Å². The summed E-state index contributed by atoms with van der Waals surface area (Å²) in [6, 6.07) is 14.0. The van der Waals surface area contributed by atoms with Gasteiger partial charge in [-0.15, -0.1) is 0 Å². The van der Waals surface area contributed by atoms with Gasteiger partial charge in [-0.05, 0) is 42.7 Å². The summed E-state index contributed by atoms with van der Waals surface area (Å²) in [5, 5.41) is 15.9. The van der Waals surface area contributed by atoms with E-state index in [0.717, 1.165) is 36.9 Å². The van der Waals surface area contributed by atoms with E-state index in [1.54, 1.807) is 12.1 Å². The number of hydrogen-bond acceptors (Lipinski definition) is 4. The minimum atomic E-state index is -1.09. The Labute approximate surface area is 199 Å². The molecule has 1 saturated carbocycles. The average Bonchev–Trinajstić information content (AvgIpc) is 2.86. The van der Waals surface area contributed by atoms with E-state index in [1.165, 1.54) is 18.6 Å².